The molecule has 17 heavy (non-hydrogen) atoms. The molecule has 0 saturated heterocycles. The molecule has 3 nitrogen and oxygen atoms in total. The van der Waals surface area contributed by atoms with Crippen LogP contribution in [0, 0.1) is 5.92 Å². The lowest BCUT2D eigenvalue weighted by Crippen LogP contribution is -2.25. The highest BCUT2D eigenvalue weighted by Gasteiger charge is 2.40. The summed E-state index contributed by atoms with van der Waals surface area (Å²) in [4.78, 5) is 23.6. The van der Waals surface area contributed by atoms with Gasteiger partial charge in [-0.1, -0.05) is 24.6 Å². The van der Waals surface area contributed by atoms with Crippen LogP contribution in [0.2, 0.25) is 0 Å². The van der Waals surface area contributed by atoms with Crippen LogP contribution in [-0.4, -0.2) is 11.8 Å². The highest BCUT2D eigenvalue weighted by molar-refractivity contribution is 5.95. The fraction of sp³-hybridized carbons (Fsp3) is 0.429. The van der Waals surface area contributed by atoms with Crippen LogP contribution in [0.3, 0.4) is 0 Å². The van der Waals surface area contributed by atoms with E-state index in [1.807, 2.05) is 18.2 Å². The minimum Gasteiger partial charge on any atom is -0.453 e. The molecular weight excluding hydrogens is 216 g/mol. The van der Waals surface area contributed by atoms with Gasteiger partial charge in [0.2, 0.25) is 0 Å². The molecule has 1 heterocycles. The van der Waals surface area contributed by atoms with Crippen molar-refractivity contribution >= 4 is 11.8 Å². The Kier molecular flexibility index (Phi) is 2.46. The number of carbonyl (C=O) groups is 2. The molecule has 3 rings (SSSR count). The number of hydrogen-bond acceptors (Lipinski definition) is 3. The van der Waals surface area contributed by atoms with Gasteiger partial charge in [0.25, 0.3) is 0 Å². The molecule has 0 aromatic heterocycles. The summed E-state index contributed by atoms with van der Waals surface area (Å²) in [7, 11) is 0. The van der Waals surface area contributed by atoms with Crippen molar-refractivity contribution in [2.75, 3.05) is 0 Å². The van der Waals surface area contributed by atoms with Crippen LogP contribution in [0.15, 0.2) is 24.3 Å². The highest BCUT2D eigenvalue weighted by atomic mass is 16.5. The van der Waals surface area contributed by atoms with Gasteiger partial charge in [0.15, 0.2) is 0 Å². The van der Waals surface area contributed by atoms with E-state index in [9.17, 15) is 9.59 Å². The molecule has 0 unspecified atom stereocenters. The third-order valence-corrected chi connectivity index (χ3v) is 3.69. The Morgan fingerprint density at radius 3 is 2.76 bits per heavy atom. The molecule has 1 aliphatic carbocycles. The average molecular weight is 230 g/mol. The van der Waals surface area contributed by atoms with Crippen molar-refractivity contribution in [3.8, 4) is 0 Å². The van der Waals surface area contributed by atoms with E-state index in [2.05, 4.69) is 0 Å². The summed E-state index contributed by atoms with van der Waals surface area (Å²) in [5.74, 6) is -0.175. The molecule has 88 valence electrons. The molecule has 1 fully saturated rings. The van der Waals surface area contributed by atoms with Crippen LogP contribution in [-0.2, 0) is 9.53 Å². The SMILES string of the molecule is O=C1O[C@H]([C@@H]2CCCCC2=O)c2ccccc21. The number of ether oxygens (including phenoxy) is 1. The Bertz CT molecular complexity index is 478. The first-order valence-electron chi connectivity index (χ1n) is 6.10. The zero-order valence-corrected chi connectivity index (χ0v) is 9.52. The molecule has 0 spiro atoms. The van der Waals surface area contributed by atoms with Gasteiger partial charge >= 0.3 is 5.97 Å². The van der Waals surface area contributed by atoms with Gasteiger partial charge in [0.1, 0.15) is 11.9 Å². The van der Waals surface area contributed by atoms with Crippen molar-refractivity contribution in [1.29, 1.82) is 0 Å². The largest absolute Gasteiger partial charge is 0.453 e. The first-order chi connectivity index (χ1) is 8.27. The smallest absolute Gasteiger partial charge is 0.339 e. The Morgan fingerprint density at radius 2 is 1.94 bits per heavy atom. The second-order valence-corrected chi connectivity index (χ2v) is 4.73. The van der Waals surface area contributed by atoms with Crippen LogP contribution in [0.4, 0.5) is 0 Å². The lowest BCUT2D eigenvalue weighted by atomic mass is 9.81. The first kappa shape index (κ1) is 10.5. The van der Waals surface area contributed by atoms with Gasteiger partial charge in [-0.3, -0.25) is 4.79 Å². The van der Waals surface area contributed by atoms with Crippen LogP contribution >= 0.6 is 0 Å². The number of hydrogen-bond donors (Lipinski definition) is 0. The Labute approximate surface area is 99.8 Å². The summed E-state index contributed by atoms with van der Waals surface area (Å²) in [5.41, 5.74) is 1.51. The normalized spacial score (nSPS) is 27.8. The Morgan fingerprint density at radius 1 is 1.12 bits per heavy atom. The van der Waals surface area contributed by atoms with Gasteiger partial charge < -0.3 is 4.74 Å². The summed E-state index contributed by atoms with van der Waals surface area (Å²) in [6, 6.07) is 7.38. The van der Waals surface area contributed by atoms with E-state index in [-0.39, 0.29) is 23.8 Å². The molecular formula is C14H14O3. The second kappa shape index (κ2) is 3.99. The van der Waals surface area contributed by atoms with E-state index in [1.54, 1.807) is 6.07 Å². The van der Waals surface area contributed by atoms with Crippen molar-refractivity contribution in [3.63, 3.8) is 0 Å². The van der Waals surface area contributed by atoms with E-state index < -0.39 is 0 Å². The molecule has 0 radical (unpaired) electrons. The van der Waals surface area contributed by atoms with Gasteiger partial charge in [-0.2, -0.15) is 0 Å². The molecule has 0 N–H and O–H groups in total. The summed E-state index contributed by atoms with van der Waals surface area (Å²) < 4.78 is 5.38. The predicted octanol–water partition coefficient (Wildman–Crippen LogP) is 2.66. The summed E-state index contributed by atoms with van der Waals surface area (Å²) in [6.45, 7) is 0. The van der Waals surface area contributed by atoms with E-state index in [1.165, 1.54) is 0 Å². The number of Topliss-reactive ketones (excluding diaryl/α,β-unsaturated/α-hetero) is 1. The monoisotopic (exact) mass is 230 g/mol. The molecule has 2 atom stereocenters. The maximum Gasteiger partial charge on any atom is 0.339 e. The lowest BCUT2D eigenvalue weighted by molar-refractivity contribution is -0.128. The maximum atomic E-state index is 11.9. The zero-order valence-electron chi connectivity index (χ0n) is 9.52. The molecule has 1 aliphatic heterocycles. The van der Waals surface area contributed by atoms with Gasteiger partial charge in [0.05, 0.1) is 11.5 Å². The van der Waals surface area contributed by atoms with Crippen molar-refractivity contribution in [2.24, 2.45) is 5.92 Å². The average Bonchev–Trinajstić information content (AvgIpc) is 2.68. The number of ketones is 1. The minimum atomic E-state index is -0.341. The minimum absolute atomic E-state index is 0.128. The number of benzene rings is 1. The van der Waals surface area contributed by atoms with Gasteiger partial charge in [-0.15, -0.1) is 0 Å². The van der Waals surface area contributed by atoms with Crippen LogP contribution in [0.25, 0.3) is 0 Å². The van der Waals surface area contributed by atoms with Gasteiger partial charge in [0, 0.05) is 12.0 Å². The van der Waals surface area contributed by atoms with E-state index >= 15 is 0 Å². The second-order valence-electron chi connectivity index (χ2n) is 4.73. The van der Waals surface area contributed by atoms with Crippen molar-refractivity contribution in [2.45, 2.75) is 31.8 Å². The third-order valence-electron chi connectivity index (χ3n) is 3.69. The van der Waals surface area contributed by atoms with Crippen LogP contribution in [0.1, 0.15) is 47.7 Å². The molecule has 1 saturated carbocycles. The number of cyclic esters (lactones) is 1. The molecule has 1 aromatic carbocycles. The van der Waals surface area contributed by atoms with Crippen LogP contribution < -0.4 is 0 Å². The van der Waals surface area contributed by atoms with Crippen molar-refractivity contribution in [1.82, 2.24) is 0 Å². The highest BCUT2D eigenvalue weighted by Crippen LogP contribution is 2.40. The lowest BCUT2D eigenvalue weighted by Gasteiger charge is -2.25. The summed E-state index contributed by atoms with van der Waals surface area (Å²) in [6.07, 6.45) is 3.14. The fourth-order valence-corrected chi connectivity index (χ4v) is 2.80. The number of esters is 1. The zero-order chi connectivity index (χ0) is 11.8. The Balaban J connectivity index is 1.95. The van der Waals surface area contributed by atoms with Crippen LogP contribution in [0.5, 0.6) is 0 Å². The van der Waals surface area contributed by atoms with Gasteiger partial charge in [-0.25, -0.2) is 4.79 Å². The number of carbonyl (C=O) groups excluding carboxylic acids is 2. The molecule has 1 aromatic rings. The molecule has 0 bridgehead atoms. The molecule has 3 heteroatoms. The molecule has 0 amide bonds. The van der Waals surface area contributed by atoms with E-state index in [4.69, 9.17) is 4.74 Å². The van der Waals surface area contributed by atoms with Gasteiger partial charge in [-0.05, 0) is 18.9 Å². The predicted molar refractivity (Wildman–Crippen MR) is 61.6 cm³/mol. The maximum absolute atomic E-state index is 11.9. The standard InChI is InChI=1S/C14H14O3/c15-12-8-4-3-7-11(12)13-9-5-1-2-6-10(9)14(16)17-13/h1-2,5-6,11,13H,3-4,7-8H2/t11-,13+/m1/s1. The van der Waals surface area contributed by atoms with E-state index in [0.29, 0.717) is 12.0 Å². The van der Waals surface area contributed by atoms with E-state index in [0.717, 1.165) is 24.8 Å². The summed E-state index contributed by atoms with van der Waals surface area (Å²) in [5, 5.41) is 0. The number of fused-ring (bicyclic) bond motifs is 1. The van der Waals surface area contributed by atoms with Crippen molar-refractivity contribution < 1.29 is 14.3 Å². The van der Waals surface area contributed by atoms with Crippen molar-refractivity contribution in [3.05, 3.63) is 35.4 Å². The Hall–Kier alpha value is -1.64. The first-order valence-corrected chi connectivity index (χ1v) is 6.10. The topological polar surface area (TPSA) is 43.4 Å². The third kappa shape index (κ3) is 1.66. The quantitative estimate of drug-likeness (QED) is 0.696. The summed E-state index contributed by atoms with van der Waals surface area (Å²) >= 11 is 0. The number of rotatable bonds is 1. The fourth-order valence-electron chi connectivity index (χ4n) is 2.80. The molecule has 2 aliphatic rings.